The minimum atomic E-state index is -0.282. The minimum absolute atomic E-state index is 0. The number of rotatable bonds is 5. The quantitative estimate of drug-likeness (QED) is 0.820. The third kappa shape index (κ3) is 8.84. The molecule has 3 N–H and O–H groups in total. The molecule has 0 spiro atoms. The van der Waals surface area contributed by atoms with Gasteiger partial charge in [0.1, 0.15) is 0 Å². The average molecular weight is 301 g/mol. The number of carbonyl (C=O) groups excluding carboxylic acids is 1. The van der Waals surface area contributed by atoms with Gasteiger partial charge in [-0.1, -0.05) is 26.2 Å². The molecule has 0 heterocycles. The van der Waals surface area contributed by atoms with Gasteiger partial charge in [0.25, 0.3) is 0 Å². The summed E-state index contributed by atoms with van der Waals surface area (Å²) in [4.78, 5) is 11.4. The second-order valence-electron chi connectivity index (χ2n) is 4.57. The number of halogens is 2. The van der Waals surface area contributed by atoms with E-state index in [9.17, 15) is 4.79 Å². The molecule has 0 aromatic carbocycles. The fourth-order valence-electron chi connectivity index (χ4n) is 1.96. The Labute approximate surface area is 122 Å². The van der Waals surface area contributed by atoms with Crippen molar-refractivity contribution >= 4 is 30.9 Å². The van der Waals surface area contributed by atoms with Crippen molar-refractivity contribution in [3.63, 3.8) is 0 Å². The fourth-order valence-corrected chi connectivity index (χ4v) is 1.96. The highest BCUT2D eigenvalue weighted by molar-refractivity contribution is 5.85. The number of amides is 1. The van der Waals surface area contributed by atoms with Crippen molar-refractivity contribution < 1.29 is 9.53 Å². The molecule has 1 aliphatic rings. The molecule has 1 atom stereocenters. The van der Waals surface area contributed by atoms with E-state index in [1.54, 1.807) is 0 Å². The van der Waals surface area contributed by atoms with Gasteiger partial charge in [-0.3, -0.25) is 0 Å². The second kappa shape index (κ2) is 11.9. The lowest BCUT2D eigenvalue weighted by Crippen LogP contribution is -2.37. The van der Waals surface area contributed by atoms with E-state index in [4.69, 9.17) is 10.5 Å². The van der Waals surface area contributed by atoms with Crippen LogP contribution in [0.4, 0.5) is 4.79 Å². The largest absolute Gasteiger partial charge is 0.449 e. The van der Waals surface area contributed by atoms with Gasteiger partial charge < -0.3 is 15.8 Å². The molecular formula is C12H26Cl2N2O2. The SMILES string of the molecule is CCC(N)CCOC(=O)NC1CCCCC1.Cl.Cl. The molecule has 6 heteroatoms. The van der Waals surface area contributed by atoms with E-state index in [1.165, 1.54) is 19.3 Å². The first-order valence-corrected chi connectivity index (χ1v) is 6.41. The van der Waals surface area contributed by atoms with Gasteiger partial charge >= 0.3 is 6.09 Å². The zero-order valence-electron chi connectivity index (χ0n) is 11.0. The first-order valence-electron chi connectivity index (χ1n) is 6.41. The zero-order chi connectivity index (χ0) is 11.8. The van der Waals surface area contributed by atoms with E-state index >= 15 is 0 Å². The molecule has 110 valence electrons. The van der Waals surface area contributed by atoms with Gasteiger partial charge in [-0.15, -0.1) is 24.8 Å². The summed E-state index contributed by atoms with van der Waals surface area (Å²) in [6.45, 7) is 2.46. The Bertz CT molecular complexity index is 212. The fraction of sp³-hybridized carbons (Fsp3) is 0.917. The Morgan fingerprint density at radius 1 is 1.33 bits per heavy atom. The third-order valence-electron chi connectivity index (χ3n) is 3.17. The van der Waals surface area contributed by atoms with E-state index in [-0.39, 0.29) is 36.9 Å². The van der Waals surface area contributed by atoms with E-state index < -0.39 is 0 Å². The number of hydrogen-bond donors (Lipinski definition) is 2. The number of alkyl carbamates (subject to hydrolysis) is 1. The van der Waals surface area contributed by atoms with Crippen molar-refractivity contribution in [2.75, 3.05) is 6.61 Å². The molecule has 0 saturated heterocycles. The summed E-state index contributed by atoms with van der Waals surface area (Å²) in [7, 11) is 0. The van der Waals surface area contributed by atoms with Gasteiger partial charge in [-0.25, -0.2) is 4.79 Å². The van der Waals surface area contributed by atoms with Gasteiger partial charge in [-0.05, 0) is 25.7 Å². The summed E-state index contributed by atoms with van der Waals surface area (Å²) in [6, 6.07) is 0.462. The monoisotopic (exact) mass is 300 g/mol. The molecule has 0 radical (unpaired) electrons. The van der Waals surface area contributed by atoms with Crippen LogP contribution in [0.25, 0.3) is 0 Å². The highest BCUT2D eigenvalue weighted by Crippen LogP contribution is 2.17. The first-order chi connectivity index (χ1) is 7.72. The van der Waals surface area contributed by atoms with Crippen LogP contribution < -0.4 is 11.1 Å². The van der Waals surface area contributed by atoms with Crippen LogP contribution in [0, 0.1) is 0 Å². The van der Waals surface area contributed by atoms with Crippen molar-refractivity contribution in [2.45, 2.75) is 64.0 Å². The summed E-state index contributed by atoms with van der Waals surface area (Å²) >= 11 is 0. The highest BCUT2D eigenvalue weighted by atomic mass is 35.5. The van der Waals surface area contributed by atoms with Crippen molar-refractivity contribution in [1.29, 1.82) is 0 Å². The summed E-state index contributed by atoms with van der Waals surface area (Å²) < 4.78 is 5.09. The molecule has 0 bridgehead atoms. The predicted molar refractivity (Wildman–Crippen MR) is 78.7 cm³/mol. The van der Waals surface area contributed by atoms with Gasteiger partial charge in [0.05, 0.1) is 6.61 Å². The Hall–Kier alpha value is -0.190. The van der Waals surface area contributed by atoms with Crippen LogP contribution in [0.1, 0.15) is 51.9 Å². The standard InChI is InChI=1S/C12H24N2O2.2ClH/c1-2-10(13)8-9-16-12(15)14-11-6-4-3-5-7-11;;/h10-11H,2-9,13H2,1H3,(H,14,15);2*1H. The Morgan fingerprint density at radius 3 is 2.50 bits per heavy atom. The summed E-state index contributed by atoms with van der Waals surface area (Å²) in [5.41, 5.74) is 5.73. The van der Waals surface area contributed by atoms with E-state index in [0.717, 1.165) is 25.7 Å². The van der Waals surface area contributed by atoms with Crippen LogP contribution in [-0.4, -0.2) is 24.8 Å². The Morgan fingerprint density at radius 2 is 1.94 bits per heavy atom. The summed E-state index contributed by atoms with van der Waals surface area (Å²) in [6.07, 6.45) is 7.28. The molecule has 1 aliphatic carbocycles. The molecule has 1 unspecified atom stereocenters. The molecule has 4 nitrogen and oxygen atoms in total. The first kappa shape index (κ1) is 20.1. The molecule has 0 aromatic heterocycles. The molecule has 1 amide bonds. The average Bonchev–Trinajstić information content (AvgIpc) is 2.30. The van der Waals surface area contributed by atoms with E-state index in [2.05, 4.69) is 5.32 Å². The van der Waals surface area contributed by atoms with Crippen molar-refractivity contribution in [3.05, 3.63) is 0 Å². The van der Waals surface area contributed by atoms with E-state index in [1.807, 2.05) is 6.92 Å². The maximum atomic E-state index is 11.4. The van der Waals surface area contributed by atoms with Gasteiger partial charge in [0.15, 0.2) is 0 Å². The molecule has 0 aliphatic heterocycles. The topological polar surface area (TPSA) is 64.3 Å². The van der Waals surface area contributed by atoms with Crippen LogP contribution in [-0.2, 0) is 4.74 Å². The van der Waals surface area contributed by atoms with Crippen LogP contribution >= 0.6 is 24.8 Å². The number of nitrogens with two attached hydrogens (primary N) is 1. The maximum absolute atomic E-state index is 11.4. The lowest BCUT2D eigenvalue weighted by atomic mass is 9.96. The second-order valence-corrected chi connectivity index (χ2v) is 4.57. The Balaban J connectivity index is 0. The lowest BCUT2D eigenvalue weighted by molar-refractivity contribution is 0.135. The highest BCUT2D eigenvalue weighted by Gasteiger charge is 2.16. The molecule has 1 saturated carbocycles. The Kier molecular flexibility index (Phi) is 13.3. The lowest BCUT2D eigenvalue weighted by Gasteiger charge is -2.22. The van der Waals surface area contributed by atoms with Crippen LogP contribution in [0.15, 0.2) is 0 Å². The smallest absolute Gasteiger partial charge is 0.407 e. The van der Waals surface area contributed by atoms with Gasteiger partial charge in [0.2, 0.25) is 0 Å². The molecular weight excluding hydrogens is 275 g/mol. The van der Waals surface area contributed by atoms with Gasteiger partial charge in [0, 0.05) is 12.1 Å². The number of carbonyl (C=O) groups is 1. The minimum Gasteiger partial charge on any atom is -0.449 e. The molecule has 0 aromatic rings. The maximum Gasteiger partial charge on any atom is 0.407 e. The molecule has 18 heavy (non-hydrogen) atoms. The normalized spacial score (nSPS) is 17.0. The van der Waals surface area contributed by atoms with Crippen molar-refractivity contribution in [1.82, 2.24) is 5.32 Å². The van der Waals surface area contributed by atoms with Crippen LogP contribution in [0.2, 0.25) is 0 Å². The zero-order valence-corrected chi connectivity index (χ0v) is 12.7. The number of ether oxygens (including phenoxy) is 1. The predicted octanol–water partition coefficient (Wildman–Crippen LogP) is 3.02. The van der Waals surface area contributed by atoms with E-state index in [0.29, 0.717) is 12.6 Å². The number of nitrogens with one attached hydrogen (secondary N) is 1. The van der Waals surface area contributed by atoms with Crippen LogP contribution in [0.5, 0.6) is 0 Å². The van der Waals surface area contributed by atoms with Crippen LogP contribution in [0.3, 0.4) is 0 Å². The van der Waals surface area contributed by atoms with Crippen molar-refractivity contribution in [3.8, 4) is 0 Å². The van der Waals surface area contributed by atoms with Gasteiger partial charge in [-0.2, -0.15) is 0 Å². The summed E-state index contributed by atoms with van der Waals surface area (Å²) in [5, 5.41) is 2.91. The number of hydrogen-bond acceptors (Lipinski definition) is 3. The molecule has 1 fully saturated rings. The molecule has 1 rings (SSSR count). The van der Waals surface area contributed by atoms with Crippen molar-refractivity contribution in [2.24, 2.45) is 5.73 Å². The third-order valence-corrected chi connectivity index (χ3v) is 3.17. The summed E-state index contributed by atoms with van der Waals surface area (Å²) in [5.74, 6) is 0.